The van der Waals surface area contributed by atoms with Crippen LogP contribution in [0.25, 0.3) is 22.2 Å². The van der Waals surface area contributed by atoms with Crippen LogP contribution in [0.1, 0.15) is 11.3 Å². The molecule has 9 nitrogen and oxygen atoms in total. The van der Waals surface area contributed by atoms with Crippen molar-refractivity contribution in [3.05, 3.63) is 41.9 Å². The number of nitrogens with one attached hydrogen (secondary N) is 3. The summed E-state index contributed by atoms with van der Waals surface area (Å²) in [6.45, 7) is 3.95. The van der Waals surface area contributed by atoms with Crippen LogP contribution >= 0.6 is 11.6 Å². The minimum absolute atomic E-state index is 0.121. The molecule has 0 aliphatic heterocycles. The molecule has 0 spiro atoms. The summed E-state index contributed by atoms with van der Waals surface area (Å²) in [6.07, 6.45) is 3.67. The summed E-state index contributed by atoms with van der Waals surface area (Å²) in [6, 6.07) is 5.92. The third kappa shape index (κ3) is 3.99. The van der Waals surface area contributed by atoms with Gasteiger partial charge in [-0.15, -0.1) is 11.6 Å². The molecule has 10 heteroatoms. The van der Waals surface area contributed by atoms with Gasteiger partial charge >= 0.3 is 0 Å². The van der Waals surface area contributed by atoms with E-state index >= 15 is 0 Å². The van der Waals surface area contributed by atoms with Crippen molar-refractivity contribution >= 4 is 51.6 Å². The summed E-state index contributed by atoms with van der Waals surface area (Å²) in [7, 11) is 5.73. The summed E-state index contributed by atoms with van der Waals surface area (Å²) in [4.78, 5) is 26.5. The number of nitrogens with zero attached hydrogens (tertiary/aromatic N) is 5. The molecular weight excluding hydrogens is 428 g/mol. The molecule has 3 aromatic heterocycles. The van der Waals surface area contributed by atoms with Crippen molar-refractivity contribution in [2.75, 3.05) is 35.5 Å². The Balaban J connectivity index is 1.79. The fourth-order valence-electron chi connectivity index (χ4n) is 3.57. The molecule has 0 bridgehead atoms. The maximum absolute atomic E-state index is 12.1. The van der Waals surface area contributed by atoms with Crippen LogP contribution < -0.4 is 15.5 Å². The molecule has 0 fully saturated rings. The zero-order chi connectivity index (χ0) is 23.0. The third-order valence-corrected chi connectivity index (χ3v) is 5.53. The molecule has 1 amide bonds. The smallest absolute Gasteiger partial charge is 0.239 e. The number of anilines is 4. The van der Waals surface area contributed by atoms with Gasteiger partial charge in [-0.25, -0.2) is 9.97 Å². The molecule has 0 aliphatic rings. The Morgan fingerprint density at radius 1 is 1.28 bits per heavy atom. The first-order valence-electron chi connectivity index (χ1n) is 10.1. The molecule has 3 N–H and O–H groups in total. The first-order valence-corrected chi connectivity index (χ1v) is 10.6. The van der Waals surface area contributed by atoms with E-state index in [1.807, 2.05) is 64.3 Å². The van der Waals surface area contributed by atoms with Gasteiger partial charge in [-0.1, -0.05) is 0 Å². The van der Waals surface area contributed by atoms with E-state index in [0.29, 0.717) is 17.5 Å². The fourth-order valence-corrected chi connectivity index (χ4v) is 3.63. The highest BCUT2D eigenvalue weighted by Gasteiger charge is 2.18. The molecule has 3 heterocycles. The molecule has 0 atom stereocenters. The zero-order valence-corrected chi connectivity index (χ0v) is 19.4. The predicted molar refractivity (Wildman–Crippen MR) is 129 cm³/mol. The van der Waals surface area contributed by atoms with Crippen LogP contribution in [0.4, 0.5) is 23.1 Å². The van der Waals surface area contributed by atoms with Crippen molar-refractivity contribution in [1.82, 2.24) is 24.7 Å². The number of aryl methyl sites for hydroxylation is 3. The van der Waals surface area contributed by atoms with Crippen LogP contribution in [0.3, 0.4) is 0 Å². The number of aromatic amines is 1. The van der Waals surface area contributed by atoms with E-state index in [2.05, 4.69) is 25.7 Å². The topological polar surface area (TPSA) is 104 Å². The molecule has 4 aromatic rings. The molecule has 0 unspecified atom stereocenters. The lowest BCUT2D eigenvalue weighted by Gasteiger charge is -2.18. The first kappa shape index (κ1) is 21.6. The second kappa shape index (κ2) is 8.51. The number of aromatic nitrogens is 5. The minimum Gasteiger partial charge on any atom is -0.376 e. The van der Waals surface area contributed by atoms with Crippen molar-refractivity contribution in [2.45, 2.75) is 13.8 Å². The van der Waals surface area contributed by atoms with E-state index in [-0.39, 0.29) is 11.8 Å². The van der Waals surface area contributed by atoms with Crippen molar-refractivity contribution in [1.29, 1.82) is 0 Å². The van der Waals surface area contributed by atoms with Gasteiger partial charge in [0, 0.05) is 56.2 Å². The lowest BCUT2D eigenvalue weighted by molar-refractivity contribution is -0.113. The van der Waals surface area contributed by atoms with Crippen LogP contribution in [-0.2, 0) is 11.8 Å². The molecular formula is C22H25ClN8O. The normalized spacial score (nSPS) is 11.1. The minimum atomic E-state index is -0.270. The molecule has 166 valence electrons. The molecule has 0 saturated heterocycles. The highest BCUT2D eigenvalue weighted by molar-refractivity contribution is 6.29. The Labute approximate surface area is 190 Å². The molecule has 32 heavy (non-hydrogen) atoms. The number of benzene rings is 1. The number of carbonyl (C=O) groups excluding carboxylic acids is 1. The van der Waals surface area contributed by atoms with E-state index in [1.54, 1.807) is 10.9 Å². The predicted octanol–water partition coefficient (Wildman–Crippen LogP) is 3.96. The second-order valence-electron chi connectivity index (χ2n) is 7.81. The van der Waals surface area contributed by atoms with E-state index in [0.717, 1.165) is 39.1 Å². The van der Waals surface area contributed by atoms with Gasteiger partial charge in [-0.2, -0.15) is 5.10 Å². The first-order chi connectivity index (χ1) is 15.3. The van der Waals surface area contributed by atoms with Crippen LogP contribution in [0.15, 0.2) is 30.6 Å². The number of H-pyrrole nitrogens is 1. The standard InChI is InChI=1S/C22H25ClN8O/c1-12-10-25-22(26-17-8-13(2)31(5)29-17)28-19(12)15-11-24-20-14(15)6-7-16(30(3)4)21(20)27-18(32)9-23/h6-8,10-11,24H,9H2,1-5H3,(H,27,32)(H,25,26,28,29). The quantitative estimate of drug-likeness (QED) is 0.382. The van der Waals surface area contributed by atoms with Crippen LogP contribution in [0.5, 0.6) is 0 Å². The van der Waals surface area contributed by atoms with Crippen molar-refractivity contribution < 1.29 is 4.79 Å². The van der Waals surface area contributed by atoms with Crippen LogP contribution in [-0.4, -0.2) is 50.6 Å². The Bertz CT molecular complexity index is 1290. The number of alkyl halides is 1. The van der Waals surface area contributed by atoms with Gasteiger partial charge in [0.1, 0.15) is 5.88 Å². The second-order valence-corrected chi connectivity index (χ2v) is 8.07. The van der Waals surface area contributed by atoms with Gasteiger partial charge < -0.3 is 20.5 Å². The van der Waals surface area contributed by atoms with Gasteiger partial charge in [0.2, 0.25) is 11.9 Å². The van der Waals surface area contributed by atoms with Crippen molar-refractivity contribution in [3.63, 3.8) is 0 Å². The maximum atomic E-state index is 12.1. The van der Waals surface area contributed by atoms with E-state index in [9.17, 15) is 4.79 Å². The number of fused-ring (bicyclic) bond motifs is 1. The van der Waals surface area contributed by atoms with Crippen molar-refractivity contribution in [2.24, 2.45) is 7.05 Å². The largest absolute Gasteiger partial charge is 0.376 e. The van der Waals surface area contributed by atoms with E-state index in [4.69, 9.17) is 16.6 Å². The lowest BCUT2D eigenvalue weighted by atomic mass is 10.1. The number of halogens is 1. The fraction of sp³-hybridized carbons (Fsp3) is 0.273. The number of amides is 1. The monoisotopic (exact) mass is 452 g/mol. The molecule has 0 radical (unpaired) electrons. The lowest BCUT2D eigenvalue weighted by Crippen LogP contribution is -2.17. The Kier molecular flexibility index (Phi) is 5.75. The number of carbonyl (C=O) groups is 1. The third-order valence-electron chi connectivity index (χ3n) is 5.28. The Hall–Kier alpha value is -3.59. The van der Waals surface area contributed by atoms with E-state index < -0.39 is 0 Å². The SMILES string of the molecule is Cc1cnc(Nc2cc(C)n(C)n2)nc1-c1c[nH]c2c(NC(=O)CCl)c(N(C)C)ccc12. The number of hydrogen-bond acceptors (Lipinski definition) is 6. The summed E-state index contributed by atoms with van der Waals surface area (Å²) < 4.78 is 1.79. The van der Waals surface area contributed by atoms with Gasteiger partial charge in [-0.3, -0.25) is 9.48 Å². The number of rotatable bonds is 6. The Morgan fingerprint density at radius 2 is 2.06 bits per heavy atom. The average molecular weight is 453 g/mol. The van der Waals surface area contributed by atoms with Gasteiger partial charge in [0.25, 0.3) is 0 Å². The van der Waals surface area contributed by atoms with Crippen molar-refractivity contribution in [3.8, 4) is 11.3 Å². The average Bonchev–Trinajstić information content (AvgIpc) is 3.32. The molecule has 0 aliphatic carbocycles. The Morgan fingerprint density at radius 3 is 2.72 bits per heavy atom. The summed E-state index contributed by atoms with van der Waals surface area (Å²) in [5, 5.41) is 11.4. The van der Waals surface area contributed by atoms with Gasteiger partial charge in [0.15, 0.2) is 5.82 Å². The summed E-state index contributed by atoms with van der Waals surface area (Å²) in [5.41, 5.74) is 6.00. The van der Waals surface area contributed by atoms with E-state index in [1.165, 1.54) is 0 Å². The molecule has 4 rings (SSSR count). The summed E-state index contributed by atoms with van der Waals surface area (Å²) >= 11 is 5.74. The van der Waals surface area contributed by atoms with Gasteiger partial charge in [0.05, 0.1) is 22.6 Å². The van der Waals surface area contributed by atoms with Crippen LogP contribution in [0, 0.1) is 13.8 Å². The molecule has 1 aromatic carbocycles. The maximum Gasteiger partial charge on any atom is 0.239 e. The highest BCUT2D eigenvalue weighted by atomic mass is 35.5. The summed E-state index contributed by atoms with van der Waals surface area (Å²) in [5.74, 6) is 0.747. The van der Waals surface area contributed by atoms with Crippen LogP contribution in [0.2, 0.25) is 0 Å². The van der Waals surface area contributed by atoms with Gasteiger partial charge in [-0.05, 0) is 31.5 Å². The highest BCUT2D eigenvalue weighted by Crippen LogP contribution is 2.38. The number of hydrogen-bond donors (Lipinski definition) is 3. The molecule has 0 saturated carbocycles. The zero-order valence-electron chi connectivity index (χ0n) is 18.6.